The molecule has 2 aromatic rings. The average molecular weight is 216 g/mol. The van der Waals surface area contributed by atoms with Crippen molar-refractivity contribution in [3.05, 3.63) is 29.2 Å². The molecule has 3 nitrogen and oxygen atoms in total. The number of hydrogen-bond acceptors (Lipinski definition) is 3. The van der Waals surface area contributed by atoms with Crippen LogP contribution in [0.4, 0.5) is 0 Å². The van der Waals surface area contributed by atoms with Gasteiger partial charge in [-0.3, -0.25) is 0 Å². The van der Waals surface area contributed by atoms with Gasteiger partial charge in [-0.05, 0) is 31.4 Å². The van der Waals surface area contributed by atoms with Gasteiger partial charge in [0.1, 0.15) is 5.52 Å². The van der Waals surface area contributed by atoms with E-state index in [4.69, 9.17) is 10.2 Å². The van der Waals surface area contributed by atoms with E-state index in [2.05, 4.69) is 18.0 Å². The number of nitrogens with two attached hydrogens (primary N) is 1. The second-order valence-electron chi connectivity index (χ2n) is 4.72. The van der Waals surface area contributed by atoms with Crippen LogP contribution in [0.2, 0.25) is 0 Å². The molecule has 1 heterocycles. The molecule has 0 spiro atoms. The molecular weight excluding hydrogens is 200 g/mol. The number of rotatable bonds is 1. The van der Waals surface area contributed by atoms with Crippen molar-refractivity contribution < 1.29 is 4.42 Å². The highest BCUT2D eigenvalue weighted by Crippen LogP contribution is 2.39. The molecule has 1 aromatic carbocycles. The lowest BCUT2D eigenvalue weighted by Gasteiger charge is -2.15. The predicted octanol–water partition coefficient (Wildman–Crippen LogP) is 2.51. The summed E-state index contributed by atoms with van der Waals surface area (Å²) in [5.41, 5.74) is 10.6. The fourth-order valence-corrected chi connectivity index (χ4v) is 2.77. The van der Waals surface area contributed by atoms with Crippen LogP contribution in [-0.2, 0) is 6.42 Å². The van der Waals surface area contributed by atoms with Crippen LogP contribution < -0.4 is 5.73 Å². The van der Waals surface area contributed by atoms with Crippen LogP contribution in [0.15, 0.2) is 16.5 Å². The van der Waals surface area contributed by atoms with Gasteiger partial charge in [-0.25, -0.2) is 4.98 Å². The Morgan fingerprint density at radius 2 is 2.31 bits per heavy atom. The van der Waals surface area contributed by atoms with Gasteiger partial charge in [0, 0.05) is 24.4 Å². The number of aryl methyl sites for hydroxylation is 2. The van der Waals surface area contributed by atoms with E-state index >= 15 is 0 Å². The summed E-state index contributed by atoms with van der Waals surface area (Å²) >= 11 is 0. The summed E-state index contributed by atoms with van der Waals surface area (Å²) in [6, 6.07) is 4.40. The molecule has 0 saturated carbocycles. The average Bonchev–Trinajstić information content (AvgIpc) is 2.77. The van der Waals surface area contributed by atoms with Gasteiger partial charge in [-0.2, -0.15) is 0 Å². The molecule has 0 radical (unpaired) electrons. The van der Waals surface area contributed by atoms with E-state index in [0.717, 1.165) is 29.8 Å². The molecule has 1 aliphatic rings. The van der Waals surface area contributed by atoms with Gasteiger partial charge < -0.3 is 10.2 Å². The van der Waals surface area contributed by atoms with Crippen LogP contribution in [0, 0.1) is 6.92 Å². The minimum Gasteiger partial charge on any atom is -0.441 e. The van der Waals surface area contributed by atoms with E-state index in [9.17, 15) is 0 Å². The second-order valence-corrected chi connectivity index (χ2v) is 4.72. The van der Waals surface area contributed by atoms with Crippen LogP contribution >= 0.6 is 0 Å². The highest BCUT2D eigenvalue weighted by atomic mass is 16.3. The molecular formula is C13H16N2O. The third-order valence-corrected chi connectivity index (χ3v) is 3.52. The maximum Gasteiger partial charge on any atom is 0.192 e. The lowest BCUT2D eigenvalue weighted by Crippen LogP contribution is -2.23. The highest BCUT2D eigenvalue weighted by molar-refractivity contribution is 5.79. The van der Waals surface area contributed by atoms with Gasteiger partial charge in [0.25, 0.3) is 0 Å². The smallest absolute Gasteiger partial charge is 0.192 e. The number of fused-ring (bicyclic) bond motifs is 3. The molecule has 3 rings (SSSR count). The topological polar surface area (TPSA) is 52.0 Å². The Morgan fingerprint density at radius 1 is 1.50 bits per heavy atom. The summed E-state index contributed by atoms with van der Waals surface area (Å²) in [7, 11) is 0. The largest absolute Gasteiger partial charge is 0.441 e. The van der Waals surface area contributed by atoms with Gasteiger partial charge in [-0.1, -0.05) is 6.07 Å². The van der Waals surface area contributed by atoms with Gasteiger partial charge >= 0.3 is 0 Å². The highest BCUT2D eigenvalue weighted by Gasteiger charge is 2.29. The maximum atomic E-state index is 6.05. The van der Waals surface area contributed by atoms with Gasteiger partial charge in [0.2, 0.25) is 0 Å². The summed E-state index contributed by atoms with van der Waals surface area (Å²) < 4.78 is 5.72. The molecule has 0 amide bonds. The lowest BCUT2D eigenvalue weighted by atomic mass is 9.94. The van der Waals surface area contributed by atoms with Crippen LogP contribution in [0.3, 0.4) is 0 Å². The maximum absolute atomic E-state index is 6.05. The van der Waals surface area contributed by atoms with Gasteiger partial charge in [-0.15, -0.1) is 0 Å². The Kier molecular flexibility index (Phi) is 2.04. The molecule has 2 N–H and O–H groups in total. The second kappa shape index (κ2) is 3.32. The fraction of sp³-hybridized carbons (Fsp3) is 0.462. The van der Waals surface area contributed by atoms with Crippen LogP contribution in [0.5, 0.6) is 0 Å². The Balaban J connectivity index is 2.28. The number of hydrogen-bond donors (Lipinski definition) is 1. The van der Waals surface area contributed by atoms with Crippen molar-refractivity contribution >= 4 is 11.1 Å². The van der Waals surface area contributed by atoms with Crippen LogP contribution in [0.1, 0.15) is 36.3 Å². The number of benzene rings is 1. The quantitative estimate of drug-likeness (QED) is 0.796. The minimum atomic E-state index is 0.178. The summed E-state index contributed by atoms with van der Waals surface area (Å²) in [6.45, 7) is 3.96. The molecule has 0 bridgehead atoms. The molecule has 1 aliphatic carbocycles. The Labute approximate surface area is 94.7 Å². The number of oxazole rings is 1. The van der Waals surface area contributed by atoms with Crippen molar-refractivity contribution in [2.75, 3.05) is 0 Å². The van der Waals surface area contributed by atoms with E-state index in [1.807, 2.05) is 13.0 Å². The zero-order chi connectivity index (χ0) is 11.3. The van der Waals surface area contributed by atoms with E-state index in [0.29, 0.717) is 5.92 Å². The van der Waals surface area contributed by atoms with Crippen molar-refractivity contribution in [2.24, 2.45) is 5.73 Å². The minimum absolute atomic E-state index is 0.178. The molecule has 2 unspecified atom stereocenters. The van der Waals surface area contributed by atoms with Crippen molar-refractivity contribution in [1.29, 1.82) is 0 Å². The Morgan fingerprint density at radius 3 is 3.06 bits per heavy atom. The summed E-state index contributed by atoms with van der Waals surface area (Å²) in [4.78, 5) is 4.38. The number of aromatic nitrogens is 1. The fourth-order valence-electron chi connectivity index (χ4n) is 2.77. The van der Waals surface area contributed by atoms with Gasteiger partial charge in [0.05, 0.1) is 0 Å². The molecule has 16 heavy (non-hydrogen) atoms. The third kappa shape index (κ3) is 1.28. The monoisotopic (exact) mass is 216 g/mol. The molecule has 2 atom stereocenters. The zero-order valence-corrected chi connectivity index (χ0v) is 9.66. The van der Waals surface area contributed by atoms with E-state index in [1.54, 1.807) is 0 Å². The third-order valence-electron chi connectivity index (χ3n) is 3.52. The van der Waals surface area contributed by atoms with Crippen molar-refractivity contribution in [2.45, 2.75) is 38.6 Å². The summed E-state index contributed by atoms with van der Waals surface area (Å²) in [5, 5.41) is 0. The zero-order valence-electron chi connectivity index (χ0n) is 9.66. The summed E-state index contributed by atoms with van der Waals surface area (Å²) in [6.07, 6.45) is 2.24. The molecule has 0 aliphatic heterocycles. The van der Waals surface area contributed by atoms with Crippen molar-refractivity contribution in [3.63, 3.8) is 0 Å². The standard InChI is InChI=1S/C13H16N2O/c1-7(14)10-5-3-9-4-6-11-13(12(9)10)16-8(2)15-11/h4,6-7,10H,3,5,14H2,1-2H3. The van der Waals surface area contributed by atoms with Crippen molar-refractivity contribution in [3.8, 4) is 0 Å². The first kappa shape index (κ1) is 9.85. The van der Waals surface area contributed by atoms with E-state index < -0.39 is 0 Å². The van der Waals surface area contributed by atoms with Crippen molar-refractivity contribution in [1.82, 2.24) is 4.98 Å². The van der Waals surface area contributed by atoms with E-state index in [-0.39, 0.29) is 6.04 Å². The Bertz CT molecular complexity index is 542. The van der Waals surface area contributed by atoms with E-state index in [1.165, 1.54) is 11.1 Å². The predicted molar refractivity (Wildman–Crippen MR) is 63.5 cm³/mol. The normalized spacial score (nSPS) is 21.3. The molecule has 1 aromatic heterocycles. The first-order chi connectivity index (χ1) is 7.66. The Hall–Kier alpha value is -1.35. The molecule has 3 heteroatoms. The lowest BCUT2D eigenvalue weighted by molar-refractivity contribution is 0.534. The summed E-state index contributed by atoms with van der Waals surface area (Å²) in [5.74, 6) is 1.16. The number of nitrogens with zero attached hydrogens (tertiary/aromatic N) is 1. The molecule has 84 valence electrons. The first-order valence-electron chi connectivity index (χ1n) is 5.81. The SMILES string of the molecule is Cc1nc2ccc3c(c2o1)C(C(C)N)CC3. The van der Waals surface area contributed by atoms with Crippen LogP contribution in [0.25, 0.3) is 11.1 Å². The first-order valence-corrected chi connectivity index (χ1v) is 5.81. The molecule has 0 fully saturated rings. The van der Waals surface area contributed by atoms with Gasteiger partial charge in [0.15, 0.2) is 11.5 Å². The van der Waals surface area contributed by atoms with Crippen LogP contribution in [-0.4, -0.2) is 11.0 Å². The molecule has 0 saturated heterocycles.